The molecule has 2 aromatic carbocycles. The summed E-state index contributed by atoms with van der Waals surface area (Å²) in [6.07, 6.45) is 0.363. The molecule has 2 N–H and O–H groups in total. The van der Waals surface area contributed by atoms with Crippen LogP contribution in [0.3, 0.4) is 0 Å². The fraction of sp³-hybridized carbons (Fsp3) is 0.250. The van der Waals surface area contributed by atoms with Crippen molar-refractivity contribution in [1.82, 2.24) is 0 Å². The molecule has 0 saturated carbocycles. The highest BCUT2D eigenvalue weighted by molar-refractivity contribution is 6.08. The van der Waals surface area contributed by atoms with Crippen molar-refractivity contribution in [1.29, 1.82) is 0 Å². The molecular formula is C20H21N3O4. The van der Waals surface area contributed by atoms with Gasteiger partial charge in [-0.05, 0) is 48.9 Å². The van der Waals surface area contributed by atoms with Crippen LogP contribution >= 0.6 is 0 Å². The smallest absolute Gasteiger partial charge is 0.337 e. The van der Waals surface area contributed by atoms with E-state index in [4.69, 9.17) is 15.2 Å². The van der Waals surface area contributed by atoms with Gasteiger partial charge < -0.3 is 15.2 Å². The number of ether oxygens (including phenoxy) is 2. The van der Waals surface area contributed by atoms with Crippen molar-refractivity contribution in [2.24, 2.45) is 5.10 Å². The molecule has 0 amide bonds. The Bertz CT molecular complexity index is 890. The molecule has 7 heteroatoms. The predicted molar refractivity (Wildman–Crippen MR) is 103 cm³/mol. The number of anilines is 2. The third-order valence-corrected chi connectivity index (χ3v) is 4.60. The van der Waals surface area contributed by atoms with E-state index >= 15 is 0 Å². The van der Waals surface area contributed by atoms with E-state index in [0.717, 1.165) is 17.0 Å². The van der Waals surface area contributed by atoms with Crippen LogP contribution in [0.2, 0.25) is 0 Å². The first kappa shape index (κ1) is 18.4. The third-order valence-electron chi connectivity index (χ3n) is 4.60. The summed E-state index contributed by atoms with van der Waals surface area (Å²) in [6.45, 7) is 1.79. The third kappa shape index (κ3) is 3.36. The molecule has 7 nitrogen and oxygen atoms in total. The molecule has 0 aliphatic carbocycles. The van der Waals surface area contributed by atoms with E-state index in [-0.39, 0.29) is 5.97 Å². The average Bonchev–Trinajstić information content (AvgIpc) is 3.06. The number of nitrogen functional groups attached to an aromatic ring is 1. The summed E-state index contributed by atoms with van der Waals surface area (Å²) < 4.78 is 9.74. The van der Waals surface area contributed by atoms with Crippen molar-refractivity contribution in [3.05, 3.63) is 59.7 Å². The van der Waals surface area contributed by atoms with Crippen molar-refractivity contribution in [2.45, 2.75) is 18.9 Å². The Morgan fingerprint density at radius 2 is 1.67 bits per heavy atom. The lowest BCUT2D eigenvalue weighted by Gasteiger charge is -2.31. The standard InChI is InChI=1S/C20H21N3O4/c1-20(19(25)27-3)12-17(13-4-6-14(7-5-13)18(24)26-2)22-23(20)16-10-8-15(21)9-11-16/h4-11H,12,21H2,1-3H3. The van der Waals surface area contributed by atoms with Crippen LogP contribution in [0, 0.1) is 0 Å². The number of esters is 2. The molecule has 0 saturated heterocycles. The Hall–Kier alpha value is -3.35. The molecule has 1 heterocycles. The normalized spacial score (nSPS) is 18.8. The topological polar surface area (TPSA) is 94.2 Å². The second kappa shape index (κ2) is 7.11. The van der Waals surface area contributed by atoms with Crippen LogP contribution in [0.4, 0.5) is 11.4 Å². The van der Waals surface area contributed by atoms with Crippen LogP contribution in [-0.4, -0.2) is 37.4 Å². The average molecular weight is 367 g/mol. The Morgan fingerprint density at radius 3 is 2.22 bits per heavy atom. The zero-order valence-electron chi connectivity index (χ0n) is 15.4. The highest BCUT2D eigenvalue weighted by Gasteiger charge is 2.47. The Morgan fingerprint density at radius 1 is 1.04 bits per heavy atom. The Balaban J connectivity index is 1.99. The molecule has 1 aliphatic heterocycles. The molecule has 0 radical (unpaired) electrons. The van der Waals surface area contributed by atoms with Gasteiger partial charge in [-0.1, -0.05) is 12.1 Å². The van der Waals surface area contributed by atoms with Gasteiger partial charge in [-0.25, -0.2) is 14.6 Å². The molecule has 2 aromatic rings. The van der Waals surface area contributed by atoms with Gasteiger partial charge in [0.05, 0.1) is 31.2 Å². The van der Waals surface area contributed by atoms with Gasteiger partial charge in [0.1, 0.15) is 0 Å². The highest BCUT2D eigenvalue weighted by Crippen LogP contribution is 2.36. The zero-order valence-corrected chi connectivity index (χ0v) is 15.4. The second-order valence-corrected chi connectivity index (χ2v) is 6.46. The fourth-order valence-electron chi connectivity index (χ4n) is 3.08. The van der Waals surface area contributed by atoms with Crippen molar-refractivity contribution < 1.29 is 19.1 Å². The van der Waals surface area contributed by atoms with Crippen LogP contribution in [0.5, 0.6) is 0 Å². The summed E-state index contributed by atoms with van der Waals surface area (Å²) in [5, 5.41) is 6.32. The Kier molecular flexibility index (Phi) is 4.85. The lowest BCUT2D eigenvalue weighted by atomic mass is 9.92. The summed E-state index contributed by atoms with van der Waals surface area (Å²) in [7, 11) is 2.70. The van der Waals surface area contributed by atoms with Crippen molar-refractivity contribution in [2.75, 3.05) is 25.0 Å². The van der Waals surface area contributed by atoms with Gasteiger partial charge in [0, 0.05) is 12.1 Å². The molecule has 1 unspecified atom stereocenters. The van der Waals surface area contributed by atoms with E-state index in [1.165, 1.54) is 14.2 Å². The van der Waals surface area contributed by atoms with Gasteiger partial charge in [-0.2, -0.15) is 5.10 Å². The number of hydrogen-bond acceptors (Lipinski definition) is 7. The van der Waals surface area contributed by atoms with Crippen molar-refractivity contribution >= 4 is 29.0 Å². The molecular weight excluding hydrogens is 346 g/mol. The number of carbonyl (C=O) groups excluding carboxylic acids is 2. The van der Waals surface area contributed by atoms with Gasteiger partial charge in [-0.15, -0.1) is 0 Å². The SMILES string of the molecule is COC(=O)c1ccc(C2=NN(c3ccc(N)cc3)C(C)(C(=O)OC)C2)cc1. The minimum absolute atomic E-state index is 0.363. The molecule has 140 valence electrons. The van der Waals surface area contributed by atoms with Gasteiger partial charge in [0.15, 0.2) is 5.54 Å². The highest BCUT2D eigenvalue weighted by atomic mass is 16.5. The van der Waals surface area contributed by atoms with E-state index in [1.807, 2.05) is 12.1 Å². The van der Waals surface area contributed by atoms with E-state index < -0.39 is 11.5 Å². The second-order valence-electron chi connectivity index (χ2n) is 6.46. The number of hydrogen-bond donors (Lipinski definition) is 1. The lowest BCUT2D eigenvalue weighted by molar-refractivity contribution is -0.146. The molecule has 1 atom stereocenters. The first-order valence-corrected chi connectivity index (χ1v) is 8.39. The molecule has 1 aliphatic rings. The van der Waals surface area contributed by atoms with Crippen LogP contribution in [0.25, 0.3) is 0 Å². The zero-order chi connectivity index (χ0) is 19.6. The molecule has 0 aromatic heterocycles. The summed E-state index contributed by atoms with van der Waals surface area (Å²) in [6, 6.07) is 14.0. The number of benzene rings is 2. The largest absolute Gasteiger partial charge is 0.467 e. The maximum Gasteiger partial charge on any atom is 0.337 e. The van der Waals surface area contributed by atoms with Crippen molar-refractivity contribution in [3.63, 3.8) is 0 Å². The van der Waals surface area contributed by atoms with E-state index in [0.29, 0.717) is 17.7 Å². The summed E-state index contributed by atoms with van der Waals surface area (Å²) in [5.74, 6) is -0.790. The molecule has 3 rings (SSSR count). The summed E-state index contributed by atoms with van der Waals surface area (Å²) in [5.41, 5.74) is 8.12. The van der Waals surface area contributed by atoms with Crippen LogP contribution in [0.1, 0.15) is 29.3 Å². The number of nitrogens with zero attached hydrogens (tertiary/aromatic N) is 2. The number of rotatable bonds is 4. The van der Waals surface area contributed by atoms with Crippen molar-refractivity contribution in [3.8, 4) is 0 Å². The molecule has 0 fully saturated rings. The summed E-state index contributed by atoms with van der Waals surface area (Å²) in [4.78, 5) is 24.1. The first-order valence-electron chi connectivity index (χ1n) is 8.39. The first-order chi connectivity index (χ1) is 12.9. The minimum Gasteiger partial charge on any atom is -0.467 e. The molecule has 0 spiro atoms. The quantitative estimate of drug-likeness (QED) is 0.659. The lowest BCUT2D eigenvalue weighted by Crippen LogP contribution is -2.48. The maximum absolute atomic E-state index is 12.5. The fourth-order valence-corrected chi connectivity index (χ4v) is 3.08. The van der Waals surface area contributed by atoms with E-state index in [2.05, 4.69) is 5.10 Å². The summed E-state index contributed by atoms with van der Waals surface area (Å²) >= 11 is 0. The van der Waals surface area contributed by atoms with Gasteiger partial charge >= 0.3 is 11.9 Å². The number of methoxy groups -OCH3 is 2. The van der Waals surface area contributed by atoms with Gasteiger partial charge in [-0.3, -0.25) is 0 Å². The van der Waals surface area contributed by atoms with Crippen LogP contribution in [0.15, 0.2) is 53.6 Å². The maximum atomic E-state index is 12.5. The van der Waals surface area contributed by atoms with Crippen LogP contribution < -0.4 is 10.7 Å². The monoisotopic (exact) mass is 367 g/mol. The van der Waals surface area contributed by atoms with Gasteiger partial charge in [0.25, 0.3) is 0 Å². The number of nitrogens with two attached hydrogens (primary N) is 1. The van der Waals surface area contributed by atoms with E-state index in [9.17, 15) is 9.59 Å². The minimum atomic E-state index is -0.985. The Labute approximate surface area is 157 Å². The molecule has 27 heavy (non-hydrogen) atoms. The van der Waals surface area contributed by atoms with E-state index in [1.54, 1.807) is 48.3 Å². The predicted octanol–water partition coefficient (Wildman–Crippen LogP) is 2.60. The molecule has 0 bridgehead atoms. The van der Waals surface area contributed by atoms with Gasteiger partial charge in [0.2, 0.25) is 0 Å². The number of carbonyl (C=O) groups is 2. The van der Waals surface area contributed by atoms with Crippen LogP contribution in [-0.2, 0) is 14.3 Å². The number of hydrazone groups is 1.